The minimum atomic E-state index is -0.0709. The normalized spacial score (nSPS) is 26.0. The summed E-state index contributed by atoms with van der Waals surface area (Å²) in [6, 6.07) is 8.18. The van der Waals surface area contributed by atoms with Gasteiger partial charge in [0.15, 0.2) is 0 Å². The van der Waals surface area contributed by atoms with E-state index >= 15 is 0 Å². The fourth-order valence-electron chi connectivity index (χ4n) is 3.53. The van der Waals surface area contributed by atoms with Crippen molar-refractivity contribution in [2.75, 3.05) is 11.4 Å². The number of benzene rings is 1. The van der Waals surface area contributed by atoms with Gasteiger partial charge in [0.2, 0.25) is 5.91 Å². The molecule has 0 bridgehead atoms. The van der Waals surface area contributed by atoms with E-state index in [1.165, 1.54) is 5.56 Å². The molecule has 2 atom stereocenters. The summed E-state index contributed by atoms with van der Waals surface area (Å²) in [6.45, 7) is 5.00. The number of amides is 1. The van der Waals surface area contributed by atoms with Crippen LogP contribution in [-0.2, 0) is 11.2 Å². The third-order valence-electron chi connectivity index (χ3n) is 4.86. The summed E-state index contributed by atoms with van der Waals surface area (Å²) in [5, 5.41) is 0. The molecule has 1 saturated carbocycles. The predicted octanol–water partition coefficient (Wildman–Crippen LogP) is 4.56. The van der Waals surface area contributed by atoms with E-state index in [-0.39, 0.29) is 27.6 Å². The number of carbonyl (C=O) groups excluding carboxylic acids is 1. The highest BCUT2D eigenvalue weighted by Gasteiger charge is 2.61. The van der Waals surface area contributed by atoms with E-state index in [1.54, 1.807) is 0 Å². The molecule has 0 aromatic heterocycles. The van der Waals surface area contributed by atoms with E-state index in [9.17, 15) is 4.79 Å². The number of rotatable bonds is 2. The monoisotopic (exact) mass is 323 g/mol. The third-order valence-corrected chi connectivity index (χ3v) is 5.11. The molecule has 1 amide bonds. The van der Waals surface area contributed by atoms with E-state index in [0.717, 1.165) is 25.1 Å². The number of fused-ring (bicyclic) bond motifs is 1. The molecule has 0 spiro atoms. The molecule has 0 saturated heterocycles. The third kappa shape index (κ3) is 2.60. The lowest BCUT2D eigenvalue weighted by molar-refractivity contribution is -0.120. The Bertz CT molecular complexity index is 605. The molecule has 0 radical (unpaired) electrons. The Morgan fingerprint density at radius 3 is 2.76 bits per heavy atom. The van der Waals surface area contributed by atoms with Gasteiger partial charge < -0.3 is 4.90 Å². The number of carbonyl (C=O) groups is 1. The summed E-state index contributed by atoms with van der Waals surface area (Å²) in [6.07, 6.45) is 3.87. The number of allylic oxidation sites excluding steroid dienone is 1. The van der Waals surface area contributed by atoms with Crippen LogP contribution in [0.25, 0.3) is 0 Å². The first kappa shape index (κ1) is 14.9. The number of hydrogen-bond donors (Lipinski definition) is 0. The van der Waals surface area contributed by atoms with Gasteiger partial charge in [-0.05, 0) is 41.9 Å². The van der Waals surface area contributed by atoms with Crippen LogP contribution in [0.5, 0.6) is 0 Å². The molecule has 1 fully saturated rings. The highest BCUT2D eigenvalue weighted by Crippen LogP contribution is 2.60. The molecular weight excluding hydrogens is 305 g/mol. The van der Waals surface area contributed by atoms with Gasteiger partial charge in [-0.2, -0.15) is 0 Å². The Hall–Kier alpha value is -0.990. The number of aryl methyl sites for hydroxylation is 1. The molecule has 0 N–H and O–H groups in total. The smallest absolute Gasteiger partial charge is 0.231 e. The van der Waals surface area contributed by atoms with Crippen LogP contribution >= 0.6 is 23.2 Å². The van der Waals surface area contributed by atoms with Crippen molar-refractivity contribution in [1.82, 2.24) is 0 Å². The van der Waals surface area contributed by atoms with Crippen LogP contribution in [0, 0.1) is 17.3 Å². The van der Waals surface area contributed by atoms with Crippen LogP contribution in [0.2, 0.25) is 0 Å². The maximum atomic E-state index is 12.9. The van der Waals surface area contributed by atoms with Crippen molar-refractivity contribution >= 4 is 34.8 Å². The summed E-state index contributed by atoms with van der Waals surface area (Å²) in [5.74, 6) is 0.295. The van der Waals surface area contributed by atoms with Gasteiger partial charge in [0.25, 0.3) is 0 Å². The molecule has 0 unspecified atom stereocenters. The van der Waals surface area contributed by atoms with Crippen LogP contribution in [0.15, 0.2) is 34.8 Å². The number of anilines is 1. The Balaban J connectivity index is 1.86. The first-order chi connectivity index (χ1) is 9.93. The zero-order valence-corrected chi connectivity index (χ0v) is 13.8. The quantitative estimate of drug-likeness (QED) is 0.781. The van der Waals surface area contributed by atoms with Crippen LogP contribution in [0.4, 0.5) is 5.69 Å². The molecule has 2 nitrogen and oxygen atoms in total. The Kier molecular flexibility index (Phi) is 3.79. The van der Waals surface area contributed by atoms with Crippen molar-refractivity contribution in [2.45, 2.75) is 26.7 Å². The molecule has 4 heteroatoms. The average molecular weight is 324 g/mol. The summed E-state index contributed by atoms with van der Waals surface area (Å²) in [7, 11) is 0. The van der Waals surface area contributed by atoms with Crippen molar-refractivity contribution < 1.29 is 4.79 Å². The number of hydrogen-bond acceptors (Lipinski definition) is 1. The van der Waals surface area contributed by atoms with Crippen molar-refractivity contribution in [3.63, 3.8) is 0 Å². The maximum Gasteiger partial charge on any atom is 0.231 e. The number of para-hydroxylation sites is 1. The van der Waals surface area contributed by atoms with E-state index in [0.29, 0.717) is 0 Å². The van der Waals surface area contributed by atoms with Gasteiger partial charge in [0.1, 0.15) is 4.49 Å². The van der Waals surface area contributed by atoms with E-state index in [1.807, 2.05) is 29.2 Å². The van der Waals surface area contributed by atoms with E-state index < -0.39 is 0 Å². The minimum absolute atomic E-state index is 0.0313. The summed E-state index contributed by atoms with van der Waals surface area (Å²) >= 11 is 11.6. The topological polar surface area (TPSA) is 20.3 Å². The fourth-order valence-corrected chi connectivity index (χ4v) is 3.80. The lowest BCUT2D eigenvalue weighted by Gasteiger charge is -2.30. The molecule has 21 heavy (non-hydrogen) atoms. The molecular formula is C17H19Cl2NO. The SMILES string of the molecule is CC1(C)[C@H](C=C(Cl)Cl)[C@@H]1C(=O)N1CCCc2ccccc21. The zero-order valence-electron chi connectivity index (χ0n) is 12.3. The van der Waals surface area contributed by atoms with Crippen LogP contribution in [0.1, 0.15) is 25.8 Å². The highest BCUT2D eigenvalue weighted by atomic mass is 35.5. The molecule has 3 rings (SSSR count). The Labute approximate surface area is 135 Å². The molecule has 2 aliphatic rings. The average Bonchev–Trinajstić information content (AvgIpc) is 2.97. The highest BCUT2D eigenvalue weighted by molar-refractivity contribution is 6.55. The molecule has 1 aromatic rings. The fraction of sp³-hybridized carbons (Fsp3) is 0.471. The first-order valence-corrected chi connectivity index (χ1v) is 8.10. The molecule has 1 aromatic carbocycles. The van der Waals surface area contributed by atoms with Gasteiger partial charge in [0, 0.05) is 12.2 Å². The summed E-state index contributed by atoms with van der Waals surface area (Å²) in [5.41, 5.74) is 2.26. The number of halogens is 2. The van der Waals surface area contributed by atoms with Gasteiger partial charge in [0.05, 0.1) is 5.92 Å². The standard InChI is InChI=1S/C17H19Cl2NO/c1-17(2)12(10-14(18)19)15(17)16(21)20-9-5-7-11-6-3-4-8-13(11)20/h3-4,6,8,10,12,15H,5,7,9H2,1-2H3/t12-,15-/m1/s1. The van der Waals surface area contributed by atoms with E-state index in [4.69, 9.17) is 23.2 Å². The van der Waals surface area contributed by atoms with Gasteiger partial charge in [-0.15, -0.1) is 0 Å². The van der Waals surface area contributed by atoms with Crippen LogP contribution in [-0.4, -0.2) is 12.5 Å². The second-order valence-corrected chi connectivity index (χ2v) is 7.51. The predicted molar refractivity (Wildman–Crippen MR) is 87.7 cm³/mol. The molecule has 1 aliphatic heterocycles. The molecule has 112 valence electrons. The van der Waals surface area contributed by atoms with Crippen LogP contribution in [0.3, 0.4) is 0 Å². The largest absolute Gasteiger partial charge is 0.312 e. The van der Waals surface area contributed by atoms with Gasteiger partial charge >= 0.3 is 0 Å². The first-order valence-electron chi connectivity index (χ1n) is 7.35. The minimum Gasteiger partial charge on any atom is -0.312 e. The van der Waals surface area contributed by atoms with Crippen molar-refractivity contribution in [3.05, 3.63) is 40.4 Å². The second-order valence-electron chi connectivity index (χ2n) is 6.50. The number of nitrogens with zero attached hydrogens (tertiary/aromatic N) is 1. The van der Waals surface area contributed by atoms with Gasteiger partial charge in [-0.1, -0.05) is 55.2 Å². The van der Waals surface area contributed by atoms with Gasteiger partial charge in [-0.25, -0.2) is 0 Å². The van der Waals surface area contributed by atoms with Crippen molar-refractivity contribution in [1.29, 1.82) is 0 Å². The molecule has 1 heterocycles. The van der Waals surface area contributed by atoms with Crippen molar-refractivity contribution in [3.8, 4) is 0 Å². The van der Waals surface area contributed by atoms with Crippen molar-refractivity contribution in [2.24, 2.45) is 17.3 Å². The lowest BCUT2D eigenvalue weighted by atomic mass is 10.0. The Morgan fingerprint density at radius 1 is 1.33 bits per heavy atom. The Morgan fingerprint density at radius 2 is 2.05 bits per heavy atom. The second kappa shape index (κ2) is 5.33. The summed E-state index contributed by atoms with van der Waals surface area (Å²) < 4.78 is 0.252. The van der Waals surface area contributed by atoms with Crippen LogP contribution < -0.4 is 4.90 Å². The maximum absolute atomic E-state index is 12.9. The lowest BCUT2D eigenvalue weighted by Crippen LogP contribution is -2.37. The molecule has 1 aliphatic carbocycles. The summed E-state index contributed by atoms with van der Waals surface area (Å²) in [4.78, 5) is 14.9. The van der Waals surface area contributed by atoms with Gasteiger partial charge in [-0.3, -0.25) is 4.79 Å². The zero-order chi connectivity index (χ0) is 15.2. The van der Waals surface area contributed by atoms with E-state index in [2.05, 4.69) is 19.9 Å².